The molecule has 0 aromatic heterocycles. The van der Waals surface area contributed by atoms with Crippen molar-refractivity contribution in [2.24, 2.45) is 0 Å². The normalized spacial score (nSPS) is 19.1. The Morgan fingerprint density at radius 1 is 1.17 bits per heavy atom. The molecule has 0 radical (unpaired) electrons. The molecule has 1 aliphatic carbocycles. The Morgan fingerprint density at radius 3 is 2.50 bits per heavy atom. The lowest BCUT2D eigenvalue weighted by Gasteiger charge is -2.23. The predicted octanol–water partition coefficient (Wildman–Crippen LogP) is 0.787. The van der Waals surface area contributed by atoms with E-state index in [9.17, 15) is 4.79 Å². The van der Waals surface area contributed by atoms with Crippen LogP contribution in [0.1, 0.15) is 22.3 Å². The lowest BCUT2D eigenvalue weighted by molar-refractivity contribution is 0.0978. The molecule has 0 spiro atoms. The van der Waals surface area contributed by atoms with Crippen molar-refractivity contribution in [3.8, 4) is 0 Å². The van der Waals surface area contributed by atoms with Gasteiger partial charge in [-0.25, -0.2) is 0 Å². The predicted molar refractivity (Wildman–Crippen MR) is 74.2 cm³/mol. The van der Waals surface area contributed by atoms with Crippen LogP contribution in [0.5, 0.6) is 0 Å². The van der Waals surface area contributed by atoms with E-state index in [2.05, 4.69) is 0 Å². The van der Waals surface area contributed by atoms with Crippen molar-refractivity contribution in [1.82, 2.24) is 0 Å². The number of aryl methyl sites for hydroxylation is 1. The molecule has 98 valence electrons. The first kappa shape index (κ1) is 13.6. The zero-order valence-corrected chi connectivity index (χ0v) is 11.2. The molecule has 2 rings (SSSR count). The van der Waals surface area contributed by atoms with Gasteiger partial charge >= 0.3 is 0 Å². The van der Waals surface area contributed by atoms with Gasteiger partial charge in [-0.2, -0.15) is 0 Å². The first-order valence-corrected chi connectivity index (χ1v) is 7.90. The Balaban J connectivity index is 2.19. The van der Waals surface area contributed by atoms with Gasteiger partial charge < -0.3 is 10.2 Å². The fourth-order valence-electron chi connectivity index (χ4n) is 2.51. The van der Waals surface area contributed by atoms with Gasteiger partial charge in [0.25, 0.3) is 0 Å². The number of benzene rings is 1. The third kappa shape index (κ3) is 2.76. The molecule has 0 saturated heterocycles. The molecule has 1 aromatic rings. The van der Waals surface area contributed by atoms with Crippen LogP contribution >= 0.6 is 0 Å². The van der Waals surface area contributed by atoms with E-state index in [0.717, 1.165) is 24.0 Å². The summed E-state index contributed by atoms with van der Waals surface area (Å²) in [6, 6.07) is 7.77. The van der Waals surface area contributed by atoms with Gasteiger partial charge in [0.2, 0.25) is 5.78 Å². The van der Waals surface area contributed by atoms with E-state index >= 15 is 0 Å². The van der Waals surface area contributed by atoms with Gasteiger partial charge in [0.15, 0.2) is 5.25 Å². The number of carbonyl (C=O) groups excluding carboxylic acids is 1. The SMILES string of the molecule is O=C1c2ccccc2CCC1[S+](CCO)CCO. The highest BCUT2D eigenvalue weighted by atomic mass is 32.2. The summed E-state index contributed by atoms with van der Waals surface area (Å²) in [5.74, 6) is 1.44. The molecule has 3 nitrogen and oxygen atoms in total. The first-order chi connectivity index (χ1) is 8.77. The van der Waals surface area contributed by atoms with E-state index in [1.807, 2.05) is 24.3 Å². The smallest absolute Gasteiger partial charge is 0.215 e. The Morgan fingerprint density at radius 2 is 1.83 bits per heavy atom. The van der Waals surface area contributed by atoms with Crippen LogP contribution in [0.4, 0.5) is 0 Å². The maximum Gasteiger partial charge on any atom is 0.215 e. The molecule has 0 fully saturated rings. The Bertz CT molecular complexity index is 413. The Labute approximate surface area is 110 Å². The van der Waals surface area contributed by atoms with Crippen molar-refractivity contribution in [1.29, 1.82) is 0 Å². The Hall–Kier alpha value is -0.840. The fraction of sp³-hybridized carbons (Fsp3) is 0.500. The van der Waals surface area contributed by atoms with Crippen molar-refractivity contribution in [2.45, 2.75) is 18.1 Å². The number of hydrogen-bond acceptors (Lipinski definition) is 3. The van der Waals surface area contributed by atoms with Crippen molar-refractivity contribution in [3.05, 3.63) is 35.4 Å². The van der Waals surface area contributed by atoms with E-state index in [4.69, 9.17) is 10.2 Å². The molecule has 0 saturated carbocycles. The maximum atomic E-state index is 12.5. The lowest BCUT2D eigenvalue weighted by Crippen LogP contribution is -2.39. The van der Waals surface area contributed by atoms with E-state index in [0.29, 0.717) is 11.5 Å². The number of hydrogen-bond donors (Lipinski definition) is 2. The van der Waals surface area contributed by atoms with Crippen molar-refractivity contribution in [3.63, 3.8) is 0 Å². The third-order valence-electron chi connectivity index (χ3n) is 3.36. The molecule has 4 heteroatoms. The van der Waals surface area contributed by atoms with E-state index in [-0.39, 0.29) is 35.1 Å². The van der Waals surface area contributed by atoms with Gasteiger partial charge in [0, 0.05) is 22.9 Å². The zero-order valence-electron chi connectivity index (χ0n) is 10.3. The standard InChI is InChI=1S/C14H19O3S/c15-7-9-18(10-8-16)13-6-5-11-3-1-2-4-12(11)14(13)17/h1-4,13,15-16H,5-10H2/q+1. The van der Waals surface area contributed by atoms with Crippen LogP contribution < -0.4 is 0 Å². The lowest BCUT2D eigenvalue weighted by atomic mass is 9.90. The summed E-state index contributed by atoms with van der Waals surface area (Å²) in [7, 11) is -0.198. The minimum absolute atomic E-state index is 0.0146. The number of rotatable bonds is 5. The molecular formula is C14H19O3S+. The van der Waals surface area contributed by atoms with Crippen molar-refractivity contribution >= 4 is 16.7 Å². The Kier molecular flexibility index (Phi) is 4.80. The summed E-state index contributed by atoms with van der Waals surface area (Å²) in [6.45, 7) is 0.184. The number of fused-ring (bicyclic) bond motifs is 1. The minimum Gasteiger partial charge on any atom is -0.391 e. The summed E-state index contributed by atoms with van der Waals surface area (Å²) in [4.78, 5) is 12.5. The highest BCUT2D eigenvalue weighted by molar-refractivity contribution is 7.98. The van der Waals surface area contributed by atoms with Gasteiger partial charge in [-0.1, -0.05) is 24.3 Å². The maximum absolute atomic E-state index is 12.5. The average molecular weight is 267 g/mol. The molecule has 0 bridgehead atoms. The summed E-state index contributed by atoms with van der Waals surface area (Å²) in [6.07, 6.45) is 1.77. The molecule has 1 aromatic carbocycles. The van der Waals surface area contributed by atoms with Crippen LogP contribution in [0.3, 0.4) is 0 Å². The van der Waals surface area contributed by atoms with E-state index < -0.39 is 0 Å². The zero-order chi connectivity index (χ0) is 13.0. The number of aliphatic hydroxyl groups is 2. The molecule has 1 aliphatic rings. The molecule has 18 heavy (non-hydrogen) atoms. The quantitative estimate of drug-likeness (QED) is 0.775. The van der Waals surface area contributed by atoms with Gasteiger partial charge in [-0.05, 0) is 12.0 Å². The number of aliphatic hydroxyl groups excluding tert-OH is 2. The van der Waals surface area contributed by atoms with Gasteiger partial charge in [0.1, 0.15) is 11.5 Å². The first-order valence-electron chi connectivity index (χ1n) is 6.28. The van der Waals surface area contributed by atoms with Gasteiger partial charge in [-0.15, -0.1) is 0 Å². The number of Topliss-reactive ketones (excluding diaryl/α,β-unsaturated/α-hetero) is 1. The largest absolute Gasteiger partial charge is 0.391 e. The third-order valence-corrected chi connectivity index (χ3v) is 6.03. The highest BCUT2D eigenvalue weighted by Crippen LogP contribution is 2.26. The van der Waals surface area contributed by atoms with Crippen LogP contribution in [0.2, 0.25) is 0 Å². The molecule has 2 N–H and O–H groups in total. The highest BCUT2D eigenvalue weighted by Gasteiger charge is 2.39. The van der Waals surface area contributed by atoms with Crippen LogP contribution in [-0.2, 0) is 17.3 Å². The summed E-state index contributed by atoms with van der Waals surface area (Å²) in [5, 5.41) is 18.2. The van der Waals surface area contributed by atoms with E-state index in [1.54, 1.807) is 0 Å². The van der Waals surface area contributed by atoms with Crippen molar-refractivity contribution < 1.29 is 15.0 Å². The van der Waals surface area contributed by atoms with Crippen LogP contribution in [0.25, 0.3) is 0 Å². The molecule has 0 heterocycles. The molecule has 0 aliphatic heterocycles. The molecular weight excluding hydrogens is 248 g/mol. The number of carbonyl (C=O) groups is 1. The summed E-state index contributed by atoms with van der Waals surface area (Å²) >= 11 is 0. The second-order valence-corrected chi connectivity index (χ2v) is 6.90. The van der Waals surface area contributed by atoms with Gasteiger partial charge in [0.05, 0.1) is 13.2 Å². The molecule has 1 unspecified atom stereocenters. The molecule has 0 amide bonds. The second kappa shape index (κ2) is 6.36. The fourth-order valence-corrected chi connectivity index (χ4v) is 4.63. The minimum atomic E-state index is -0.198. The second-order valence-electron chi connectivity index (χ2n) is 4.44. The summed E-state index contributed by atoms with van der Waals surface area (Å²) < 4.78 is 0. The van der Waals surface area contributed by atoms with Gasteiger partial charge in [-0.3, -0.25) is 4.79 Å². The monoisotopic (exact) mass is 267 g/mol. The molecule has 1 atom stereocenters. The van der Waals surface area contributed by atoms with E-state index in [1.165, 1.54) is 0 Å². The van der Waals surface area contributed by atoms with Crippen LogP contribution in [-0.4, -0.2) is 46.0 Å². The topological polar surface area (TPSA) is 57.5 Å². The van der Waals surface area contributed by atoms with Crippen molar-refractivity contribution in [2.75, 3.05) is 24.7 Å². The van der Waals surface area contributed by atoms with Crippen LogP contribution in [0, 0.1) is 0 Å². The summed E-state index contributed by atoms with van der Waals surface area (Å²) in [5.41, 5.74) is 1.97. The average Bonchev–Trinajstić information content (AvgIpc) is 2.39. The van der Waals surface area contributed by atoms with Crippen LogP contribution in [0.15, 0.2) is 24.3 Å². The number of ketones is 1.